The molecule has 1 fully saturated rings. The molecule has 32 heavy (non-hydrogen) atoms. The van der Waals surface area contributed by atoms with Gasteiger partial charge in [0.15, 0.2) is 5.65 Å². The predicted octanol–water partition coefficient (Wildman–Crippen LogP) is 4.53. The van der Waals surface area contributed by atoms with Crippen LogP contribution in [0.2, 0.25) is 0 Å². The summed E-state index contributed by atoms with van der Waals surface area (Å²) in [5.41, 5.74) is 6.65. The van der Waals surface area contributed by atoms with Gasteiger partial charge in [-0.15, -0.1) is 0 Å². The molecule has 1 aliphatic heterocycles. The molecule has 1 saturated heterocycles. The summed E-state index contributed by atoms with van der Waals surface area (Å²) in [6, 6.07) is 4.47. The molecule has 3 aromatic heterocycles. The second kappa shape index (κ2) is 9.55. The average Bonchev–Trinajstić information content (AvgIpc) is 3.12. The molecule has 172 valence electrons. The van der Waals surface area contributed by atoms with Crippen molar-refractivity contribution in [2.24, 2.45) is 0 Å². The van der Waals surface area contributed by atoms with Crippen LogP contribution in [0.4, 0.5) is 0 Å². The van der Waals surface area contributed by atoms with Crippen molar-refractivity contribution in [1.82, 2.24) is 24.4 Å². The molecule has 0 radical (unpaired) electrons. The molecule has 0 saturated carbocycles. The van der Waals surface area contributed by atoms with Crippen LogP contribution in [0.15, 0.2) is 18.3 Å². The summed E-state index contributed by atoms with van der Waals surface area (Å²) in [7, 11) is 1.66. The van der Waals surface area contributed by atoms with Gasteiger partial charge >= 0.3 is 0 Å². The third kappa shape index (κ3) is 4.36. The Morgan fingerprint density at radius 2 is 1.84 bits per heavy atom. The van der Waals surface area contributed by atoms with Crippen molar-refractivity contribution in [2.45, 2.75) is 53.0 Å². The summed E-state index contributed by atoms with van der Waals surface area (Å²) >= 11 is 0. The Hall–Kier alpha value is -2.51. The van der Waals surface area contributed by atoms with E-state index in [1.165, 1.54) is 0 Å². The molecule has 0 bridgehead atoms. The zero-order valence-corrected chi connectivity index (χ0v) is 20.2. The van der Waals surface area contributed by atoms with Crippen LogP contribution in [0.1, 0.15) is 56.1 Å². The first-order valence-electron chi connectivity index (χ1n) is 11.6. The lowest BCUT2D eigenvalue weighted by Gasteiger charge is -2.31. The van der Waals surface area contributed by atoms with Gasteiger partial charge in [0.25, 0.3) is 0 Å². The molecule has 0 N–H and O–H groups in total. The molecule has 0 aliphatic carbocycles. The summed E-state index contributed by atoms with van der Waals surface area (Å²) in [5, 5.41) is 0. The zero-order valence-electron chi connectivity index (χ0n) is 20.2. The second-order valence-electron chi connectivity index (χ2n) is 8.97. The number of ether oxygens (including phenoxy) is 2. The summed E-state index contributed by atoms with van der Waals surface area (Å²) in [4.78, 5) is 17.3. The van der Waals surface area contributed by atoms with Gasteiger partial charge in [-0.1, -0.05) is 20.8 Å². The van der Waals surface area contributed by atoms with Gasteiger partial charge in [0.1, 0.15) is 5.52 Å². The van der Waals surface area contributed by atoms with E-state index in [9.17, 15) is 0 Å². The summed E-state index contributed by atoms with van der Waals surface area (Å²) < 4.78 is 13.5. The van der Waals surface area contributed by atoms with E-state index in [2.05, 4.69) is 55.5 Å². The summed E-state index contributed by atoms with van der Waals surface area (Å²) in [5.74, 6) is 0.935. The van der Waals surface area contributed by atoms with Gasteiger partial charge in [-0.2, -0.15) is 0 Å². The lowest BCUT2D eigenvalue weighted by molar-refractivity contribution is 0.0314. The van der Waals surface area contributed by atoms with E-state index in [0.717, 1.165) is 78.6 Å². The lowest BCUT2D eigenvalue weighted by atomic mass is 10.1. The molecule has 1 aliphatic rings. The normalized spacial score (nSPS) is 16.1. The van der Waals surface area contributed by atoms with E-state index in [4.69, 9.17) is 24.4 Å². The minimum absolute atomic E-state index is 0.335. The van der Waals surface area contributed by atoms with Crippen molar-refractivity contribution in [1.29, 1.82) is 0 Å². The first-order valence-corrected chi connectivity index (χ1v) is 11.6. The Bertz CT molecular complexity index is 1090. The molecule has 7 heteroatoms. The highest BCUT2D eigenvalue weighted by atomic mass is 16.5. The molecular formula is C25H35N5O2. The highest BCUT2D eigenvalue weighted by Gasteiger charge is 2.22. The Kier molecular flexibility index (Phi) is 6.76. The van der Waals surface area contributed by atoms with E-state index >= 15 is 0 Å². The van der Waals surface area contributed by atoms with Crippen LogP contribution in [0.3, 0.4) is 0 Å². The van der Waals surface area contributed by atoms with Crippen molar-refractivity contribution < 1.29 is 9.47 Å². The Morgan fingerprint density at radius 1 is 1.09 bits per heavy atom. The highest BCUT2D eigenvalue weighted by Crippen LogP contribution is 2.33. The third-order valence-electron chi connectivity index (χ3n) is 6.36. The number of aromatic nitrogens is 4. The average molecular weight is 438 g/mol. The molecule has 1 unspecified atom stereocenters. The second-order valence-corrected chi connectivity index (χ2v) is 8.97. The first-order chi connectivity index (χ1) is 15.4. The van der Waals surface area contributed by atoms with Crippen molar-refractivity contribution in [3.05, 3.63) is 35.3 Å². The summed E-state index contributed by atoms with van der Waals surface area (Å²) in [6.45, 7) is 15.3. The highest BCUT2D eigenvalue weighted by molar-refractivity contribution is 5.81. The van der Waals surface area contributed by atoms with Crippen LogP contribution in [0, 0.1) is 13.8 Å². The van der Waals surface area contributed by atoms with Crippen molar-refractivity contribution >= 4 is 11.2 Å². The molecule has 1 atom stereocenters. The van der Waals surface area contributed by atoms with Gasteiger partial charge < -0.3 is 14.0 Å². The lowest BCUT2D eigenvalue weighted by Crippen LogP contribution is -2.39. The van der Waals surface area contributed by atoms with Gasteiger partial charge in [-0.05, 0) is 43.9 Å². The van der Waals surface area contributed by atoms with Crippen molar-refractivity contribution in [3.8, 4) is 17.1 Å². The fourth-order valence-electron chi connectivity index (χ4n) is 4.42. The SMILES string of the molecule is CCC(CN1CCOCC1)n1cc(C)c2nc(-c3ccc(C(C)C)nc3OC)c(C)nc21. The van der Waals surface area contributed by atoms with Gasteiger partial charge in [-0.3, -0.25) is 4.90 Å². The van der Waals surface area contributed by atoms with Crippen LogP contribution in [-0.4, -0.2) is 64.4 Å². The monoisotopic (exact) mass is 437 g/mol. The van der Waals surface area contributed by atoms with E-state index in [1.54, 1.807) is 7.11 Å². The van der Waals surface area contributed by atoms with Gasteiger partial charge in [0.05, 0.1) is 37.3 Å². The quantitative estimate of drug-likeness (QED) is 0.541. The summed E-state index contributed by atoms with van der Waals surface area (Å²) in [6.07, 6.45) is 3.25. The van der Waals surface area contributed by atoms with Crippen LogP contribution in [0.25, 0.3) is 22.4 Å². The minimum atomic E-state index is 0.335. The number of aryl methyl sites for hydroxylation is 2. The number of hydrogen-bond donors (Lipinski definition) is 0. The predicted molar refractivity (Wildman–Crippen MR) is 127 cm³/mol. The number of rotatable bonds is 7. The topological polar surface area (TPSA) is 65.3 Å². The Balaban J connectivity index is 1.74. The number of nitrogens with zero attached hydrogens (tertiary/aromatic N) is 5. The largest absolute Gasteiger partial charge is 0.480 e. The van der Waals surface area contributed by atoms with E-state index < -0.39 is 0 Å². The maximum Gasteiger partial charge on any atom is 0.222 e. The van der Waals surface area contributed by atoms with E-state index in [-0.39, 0.29) is 0 Å². The minimum Gasteiger partial charge on any atom is -0.480 e. The smallest absolute Gasteiger partial charge is 0.222 e. The zero-order chi connectivity index (χ0) is 22.8. The van der Waals surface area contributed by atoms with Gasteiger partial charge in [-0.25, -0.2) is 15.0 Å². The molecule has 4 heterocycles. The molecule has 0 spiro atoms. The number of methoxy groups -OCH3 is 1. The van der Waals surface area contributed by atoms with Crippen molar-refractivity contribution in [2.75, 3.05) is 40.0 Å². The maximum absolute atomic E-state index is 5.63. The van der Waals surface area contributed by atoms with Crippen LogP contribution < -0.4 is 4.74 Å². The molecule has 3 aromatic rings. The maximum atomic E-state index is 5.63. The molecule has 7 nitrogen and oxygen atoms in total. The Labute approximate surface area is 190 Å². The Morgan fingerprint density at radius 3 is 2.50 bits per heavy atom. The van der Waals surface area contributed by atoms with Crippen LogP contribution >= 0.6 is 0 Å². The van der Waals surface area contributed by atoms with Crippen LogP contribution in [0.5, 0.6) is 5.88 Å². The number of morpholine rings is 1. The van der Waals surface area contributed by atoms with E-state index in [1.807, 2.05) is 6.92 Å². The molecule has 0 amide bonds. The third-order valence-corrected chi connectivity index (χ3v) is 6.36. The first kappa shape index (κ1) is 22.7. The fourth-order valence-corrected chi connectivity index (χ4v) is 4.42. The number of fused-ring (bicyclic) bond motifs is 1. The number of hydrogen-bond acceptors (Lipinski definition) is 6. The molecule has 0 aromatic carbocycles. The van der Waals surface area contributed by atoms with Gasteiger partial charge in [0, 0.05) is 37.6 Å². The fraction of sp³-hybridized carbons (Fsp3) is 0.560. The molecular weight excluding hydrogens is 402 g/mol. The standard InChI is InChI=1S/C25H35N5O2/c1-7-19(15-29-10-12-32-13-11-29)30-14-17(4)22-24(30)26-18(5)23(28-22)20-8-9-21(16(2)3)27-25(20)31-6/h8-9,14,16,19H,7,10-13,15H2,1-6H3. The van der Waals surface area contributed by atoms with Gasteiger partial charge in [0.2, 0.25) is 5.88 Å². The van der Waals surface area contributed by atoms with Crippen LogP contribution in [-0.2, 0) is 4.74 Å². The van der Waals surface area contributed by atoms with Crippen molar-refractivity contribution in [3.63, 3.8) is 0 Å². The molecule has 4 rings (SSSR count). The number of pyridine rings is 1. The van der Waals surface area contributed by atoms with E-state index in [0.29, 0.717) is 17.8 Å².